The predicted molar refractivity (Wildman–Crippen MR) is 69.2 cm³/mol. The lowest BCUT2D eigenvalue weighted by atomic mass is 10.1. The Balaban J connectivity index is 2.23. The van der Waals surface area contributed by atoms with Crippen molar-refractivity contribution in [2.75, 3.05) is 18.0 Å². The number of anilines is 1. The number of benzene rings is 1. The van der Waals surface area contributed by atoms with Gasteiger partial charge in [0.25, 0.3) is 0 Å². The molecule has 0 spiro atoms. The SMILES string of the molecule is O=C(O)/C=C/c1ccccc1N1CCCCC1. The zero-order valence-electron chi connectivity index (χ0n) is 9.80. The summed E-state index contributed by atoms with van der Waals surface area (Å²) in [6, 6.07) is 7.97. The van der Waals surface area contributed by atoms with Crippen LogP contribution in [0.1, 0.15) is 24.8 Å². The molecular formula is C14H17NO2. The molecule has 0 bridgehead atoms. The second kappa shape index (κ2) is 5.53. The monoisotopic (exact) mass is 231 g/mol. The molecule has 0 aromatic heterocycles. The van der Waals surface area contributed by atoms with E-state index < -0.39 is 5.97 Å². The first-order chi connectivity index (χ1) is 8.27. The summed E-state index contributed by atoms with van der Waals surface area (Å²) < 4.78 is 0. The van der Waals surface area contributed by atoms with Crippen LogP contribution in [0.25, 0.3) is 6.08 Å². The van der Waals surface area contributed by atoms with Crippen LogP contribution in [0.15, 0.2) is 30.3 Å². The molecule has 2 rings (SSSR count). The Morgan fingerprint density at radius 1 is 1.18 bits per heavy atom. The molecule has 1 N–H and O–H groups in total. The molecule has 1 aliphatic rings. The molecule has 0 radical (unpaired) electrons. The maximum Gasteiger partial charge on any atom is 0.328 e. The summed E-state index contributed by atoms with van der Waals surface area (Å²) in [5.74, 6) is -0.904. The molecule has 90 valence electrons. The molecule has 0 saturated carbocycles. The summed E-state index contributed by atoms with van der Waals surface area (Å²) >= 11 is 0. The minimum atomic E-state index is -0.904. The molecule has 1 saturated heterocycles. The molecule has 0 atom stereocenters. The van der Waals surface area contributed by atoms with Gasteiger partial charge in [-0.3, -0.25) is 0 Å². The first-order valence-electron chi connectivity index (χ1n) is 6.02. The zero-order valence-corrected chi connectivity index (χ0v) is 9.80. The molecule has 1 aromatic rings. The van der Waals surface area contributed by atoms with Crippen molar-refractivity contribution in [1.82, 2.24) is 0 Å². The van der Waals surface area contributed by atoms with Crippen molar-refractivity contribution in [2.24, 2.45) is 0 Å². The smallest absolute Gasteiger partial charge is 0.328 e. The summed E-state index contributed by atoms with van der Waals surface area (Å²) in [5.41, 5.74) is 2.13. The third-order valence-electron chi connectivity index (χ3n) is 3.04. The van der Waals surface area contributed by atoms with Gasteiger partial charge in [0.1, 0.15) is 0 Å². The largest absolute Gasteiger partial charge is 0.478 e. The molecule has 3 nitrogen and oxygen atoms in total. The molecule has 1 aromatic carbocycles. The van der Waals surface area contributed by atoms with Gasteiger partial charge in [0.05, 0.1) is 0 Å². The number of carboxylic acids is 1. The molecule has 0 unspecified atom stereocenters. The molecule has 1 fully saturated rings. The molecule has 1 heterocycles. The Morgan fingerprint density at radius 2 is 1.88 bits per heavy atom. The Hall–Kier alpha value is -1.77. The molecule has 0 amide bonds. The lowest BCUT2D eigenvalue weighted by Crippen LogP contribution is -2.29. The molecule has 3 heteroatoms. The number of hydrogen-bond acceptors (Lipinski definition) is 2. The predicted octanol–water partition coefficient (Wildman–Crippen LogP) is 2.77. The van der Waals surface area contributed by atoms with Gasteiger partial charge in [-0.15, -0.1) is 0 Å². The maximum absolute atomic E-state index is 10.6. The van der Waals surface area contributed by atoms with Crippen LogP contribution in [0.5, 0.6) is 0 Å². The van der Waals surface area contributed by atoms with Gasteiger partial charge in [0, 0.05) is 24.9 Å². The Labute approximate surface area is 101 Å². The highest BCUT2D eigenvalue weighted by atomic mass is 16.4. The quantitative estimate of drug-likeness (QED) is 0.813. The van der Waals surface area contributed by atoms with Gasteiger partial charge in [0.15, 0.2) is 0 Å². The van der Waals surface area contributed by atoms with Gasteiger partial charge in [-0.1, -0.05) is 18.2 Å². The Kier molecular flexibility index (Phi) is 3.81. The van der Waals surface area contributed by atoms with E-state index in [1.165, 1.54) is 25.3 Å². The van der Waals surface area contributed by atoms with Gasteiger partial charge in [-0.05, 0) is 37.0 Å². The van der Waals surface area contributed by atoms with Crippen molar-refractivity contribution in [3.63, 3.8) is 0 Å². The van der Waals surface area contributed by atoms with Crippen LogP contribution in [-0.2, 0) is 4.79 Å². The third kappa shape index (κ3) is 3.09. The van der Waals surface area contributed by atoms with Gasteiger partial charge >= 0.3 is 5.97 Å². The lowest BCUT2D eigenvalue weighted by molar-refractivity contribution is -0.131. The first kappa shape index (κ1) is 11.7. The summed E-state index contributed by atoms with van der Waals surface area (Å²) in [4.78, 5) is 12.9. The fourth-order valence-electron chi connectivity index (χ4n) is 2.21. The van der Waals surface area contributed by atoms with Crippen molar-refractivity contribution in [3.8, 4) is 0 Å². The highest BCUT2D eigenvalue weighted by Crippen LogP contribution is 2.24. The maximum atomic E-state index is 10.6. The highest BCUT2D eigenvalue weighted by Gasteiger charge is 2.12. The van der Waals surface area contributed by atoms with Crippen LogP contribution < -0.4 is 4.90 Å². The van der Waals surface area contributed by atoms with E-state index >= 15 is 0 Å². The number of aliphatic carboxylic acids is 1. The van der Waals surface area contributed by atoms with E-state index in [1.807, 2.05) is 18.2 Å². The number of rotatable bonds is 3. The van der Waals surface area contributed by atoms with Crippen molar-refractivity contribution >= 4 is 17.7 Å². The summed E-state index contributed by atoms with van der Waals surface area (Å²) in [6.45, 7) is 2.13. The van der Waals surface area contributed by atoms with Crippen LogP contribution in [0.4, 0.5) is 5.69 Å². The van der Waals surface area contributed by atoms with E-state index in [1.54, 1.807) is 6.08 Å². The minimum absolute atomic E-state index is 0.904. The van der Waals surface area contributed by atoms with Crippen molar-refractivity contribution < 1.29 is 9.90 Å². The second-order valence-electron chi connectivity index (χ2n) is 4.28. The summed E-state index contributed by atoms with van der Waals surface area (Å²) in [7, 11) is 0. The first-order valence-corrected chi connectivity index (χ1v) is 6.02. The third-order valence-corrected chi connectivity index (χ3v) is 3.04. The highest BCUT2D eigenvalue weighted by molar-refractivity contribution is 5.87. The fourth-order valence-corrected chi connectivity index (χ4v) is 2.21. The molecule has 1 aliphatic heterocycles. The van der Waals surface area contributed by atoms with Crippen LogP contribution >= 0.6 is 0 Å². The number of hydrogen-bond donors (Lipinski definition) is 1. The summed E-state index contributed by atoms with van der Waals surface area (Å²) in [6.07, 6.45) is 6.60. The van der Waals surface area contributed by atoms with Crippen LogP contribution in [0.3, 0.4) is 0 Å². The minimum Gasteiger partial charge on any atom is -0.478 e. The molecule has 17 heavy (non-hydrogen) atoms. The average Bonchev–Trinajstić information content (AvgIpc) is 2.38. The second-order valence-corrected chi connectivity index (χ2v) is 4.28. The van der Waals surface area contributed by atoms with E-state index in [2.05, 4.69) is 11.0 Å². The molecule has 0 aliphatic carbocycles. The van der Waals surface area contributed by atoms with E-state index in [0.717, 1.165) is 24.3 Å². The number of carbonyl (C=O) groups is 1. The van der Waals surface area contributed by atoms with Crippen LogP contribution in [0, 0.1) is 0 Å². The standard InChI is InChI=1S/C14H17NO2/c16-14(17)9-8-12-6-2-3-7-13(12)15-10-4-1-5-11-15/h2-3,6-9H,1,4-5,10-11H2,(H,16,17)/b9-8+. The topological polar surface area (TPSA) is 40.5 Å². The van der Waals surface area contributed by atoms with E-state index in [9.17, 15) is 4.79 Å². The number of nitrogens with zero attached hydrogens (tertiary/aromatic N) is 1. The van der Waals surface area contributed by atoms with E-state index in [-0.39, 0.29) is 0 Å². The van der Waals surface area contributed by atoms with Gasteiger partial charge in [-0.2, -0.15) is 0 Å². The van der Waals surface area contributed by atoms with Crippen LogP contribution in [-0.4, -0.2) is 24.2 Å². The fraction of sp³-hybridized carbons (Fsp3) is 0.357. The zero-order chi connectivity index (χ0) is 12.1. The van der Waals surface area contributed by atoms with Gasteiger partial charge in [0.2, 0.25) is 0 Å². The van der Waals surface area contributed by atoms with Gasteiger partial charge < -0.3 is 10.0 Å². The van der Waals surface area contributed by atoms with Crippen molar-refractivity contribution in [2.45, 2.75) is 19.3 Å². The van der Waals surface area contributed by atoms with Gasteiger partial charge in [-0.25, -0.2) is 4.79 Å². The van der Waals surface area contributed by atoms with E-state index in [0.29, 0.717) is 0 Å². The van der Waals surface area contributed by atoms with E-state index in [4.69, 9.17) is 5.11 Å². The van der Waals surface area contributed by atoms with Crippen molar-refractivity contribution in [1.29, 1.82) is 0 Å². The average molecular weight is 231 g/mol. The lowest BCUT2D eigenvalue weighted by Gasteiger charge is -2.30. The number of para-hydroxylation sites is 1. The normalized spacial score (nSPS) is 16.4. The molecular weight excluding hydrogens is 214 g/mol. The number of carboxylic acid groups (broad SMARTS) is 1. The van der Waals surface area contributed by atoms with Crippen LogP contribution in [0.2, 0.25) is 0 Å². The van der Waals surface area contributed by atoms with Crippen molar-refractivity contribution in [3.05, 3.63) is 35.9 Å². The Bertz CT molecular complexity index is 420. The Morgan fingerprint density at radius 3 is 2.59 bits per heavy atom. The number of piperidine rings is 1. The summed E-state index contributed by atoms with van der Waals surface area (Å²) in [5, 5.41) is 8.68.